The Morgan fingerprint density at radius 1 is 0.933 bits per heavy atom. The summed E-state index contributed by atoms with van der Waals surface area (Å²) in [5.41, 5.74) is 2.42. The highest BCUT2D eigenvalue weighted by molar-refractivity contribution is 8.05. The van der Waals surface area contributed by atoms with Crippen LogP contribution in [-0.2, 0) is 14.3 Å². The number of esters is 1. The largest absolute Gasteiger partial charge is 0.477 e. The van der Waals surface area contributed by atoms with Crippen LogP contribution in [0.2, 0.25) is 0 Å². The number of fused-ring (bicyclic) bond motifs is 2. The number of allylic oxidation sites excluding steroid dienone is 1. The third-order valence-electron chi connectivity index (χ3n) is 7.64. The maximum absolute atomic E-state index is 14.1. The number of ketones is 2. The Morgan fingerprint density at radius 3 is 2.20 bits per heavy atom. The minimum absolute atomic E-state index is 0.0427. The molecule has 1 aliphatic rings. The van der Waals surface area contributed by atoms with Crippen LogP contribution in [0.5, 0.6) is 0 Å². The molecule has 0 spiro atoms. The van der Waals surface area contributed by atoms with Gasteiger partial charge in [-0.3, -0.25) is 9.59 Å². The van der Waals surface area contributed by atoms with E-state index in [4.69, 9.17) is 9.47 Å². The zero-order valence-electron chi connectivity index (χ0n) is 24.4. The summed E-state index contributed by atoms with van der Waals surface area (Å²) >= 11 is 2.20. The van der Waals surface area contributed by atoms with Crippen LogP contribution in [-0.4, -0.2) is 67.8 Å². The highest BCUT2D eigenvalue weighted by atomic mass is 32.2. The van der Waals surface area contributed by atoms with Crippen LogP contribution in [0.15, 0.2) is 71.5 Å². The zero-order chi connectivity index (χ0) is 31.9. The molecule has 2 atom stereocenters. The number of nitrogens with zero attached hydrogens (tertiary/aromatic N) is 1. The number of rotatable bonds is 11. The van der Waals surface area contributed by atoms with E-state index in [9.17, 15) is 24.3 Å². The molecule has 4 heterocycles. The molecule has 13 heteroatoms. The van der Waals surface area contributed by atoms with Crippen molar-refractivity contribution in [2.24, 2.45) is 0 Å². The molecule has 2 unspecified atom stereocenters. The normalized spacial score (nSPS) is 17.0. The van der Waals surface area contributed by atoms with Gasteiger partial charge in [0.05, 0.1) is 18.3 Å². The molecule has 0 aliphatic carbocycles. The summed E-state index contributed by atoms with van der Waals surface area (Å²) in [6.07, 6.45) is 2.40. The number of aryl methyl sites for hydroxylation is 1. The van der Waals surface area contributed by atoms with Crippen molar-refractivity contribution in [3.05, 3.63) is 98.2 Å². The summed E-state index contributed by atoms with van der Waals surface area (Å²) in [7, 11) is 0. The number of thiazole rings is 1. The van der Waals surface area contributed by atoms with Crippen molar-refractivity contribution in [1.82, 2.24) is 20.3 Å². The highest BCUT2D eigenvalue weighted by Crippen LogP contribution is 2.44. The number of carboxylic acid groups (broad SMARTS) is 1. The molecule has 0 radical (unpaired) electrons. The number of hydrogen-bond acceptors (Lipinski definition) is 10. The van der Waals surface area contributed by atoms with Crippen LogP contribution in [0.25, 0.3) is 21.8 Å². The molecule has 0 bridgehead atoms. The van der Waals surface area contributed by atoms with E-state index in [1.165, 1.54) is 0 Å². The number of carbonyl (C=O) groups excluding carboxylic acids is 3. The van der Waals surface area contributed by atoms with Crippen LogP contribution in [0, 0.1) is 6.92 Å². The van der Waals surface area contributed by atoms with E-state index in [0.717, 1.165) is 39.5 Å². The van der Waals surface area contributed by atoms with Gasteiger partial charge in [0.25, 0.3) is 0 Å². The summed E-state index contributed by atoms with van der Waals surface area (Å²) in [6.45, 7) is 4.75. The van der Waals surface area contributed by atoms with Crippen LogP contribution < -0.4 is 5.32 Å². The number of ether oxygens (including phenoxy) is 2. The third-order valence-corrected chi connectivity index (χ3v) is 10.1. The van der Waals surface area contributed by atoms with Gasteiger partial charge in [0.2, 0.25) is 11.6 Å². The lowest BCUT2D eigenvalue weighted by molar-refractivity contribution is -0.133. The van der Waals surface area contributed by atoms with Crippen molar-refractivity contribution >= 4 is 68.4 Å². The van der Waals surface area contributed by atoms with E-state index >= 15 is 0 Å². The second-order valence-corrected chi connectivity index (χ2v) is 13.1. The van der Waals surface area contributed by atoms with Gasteiger partial charge in [-0.1, -0.05) is 48.2 Å². The van der Waals surface area contributed by atoms with Gasteiger partial charge in [-0.05, 0) is 32.9 Å². The fourth-order valence-corrected chi connectivity index (χ4v) is 7.50. The molecule has 5 aromatic rings. The van der Waals surface area contributed by atoms with Crippen molar-refractivity contribution < 1.29 is 33.8 Å². The fraction of sp³-hybridized carbons (Fsp3) is 0.219. The van der Waals surface area contributed by atoms with Crippen molar-refractivity contribution in [3.63, 3.8) is 0 Å². The van der Waals surface area contributed by atoms with Crippen molar-refractivity contribution in [1.29, 1.82) is 0 Å². The molecule has 4 N–H and O–H groups in total. The lowest BCUT2D eigenvalue weighted by Gasteiger charge is -2.34. The minimum Gasteiger partial charge on any atom is -0.477 e. The van der Waals surface area contributed by atoms with Gasteiger partial charge in [-0.15, -0.1) is 11.3 Å². The molecule has 45 heavy (non-hydrogen) atoms. The first kappa shape index (κ1) is 30.3. The SMILES string of the molecule is CC1=C(C(=O)O)NC(C(=O)c2c[nH]c3ccccc23)(C(C)OCCOC(=O)c2nc(C(=O)c3c[nH]c4ccccc34)sc2C)S1. The highest BCUT2D eigenvalue weighted by Gasteiger charge is 2.52. The number of aliphatic carboxylic acids is 1. The Balaban J connectivity index is 1.13. The summed E-state index contributed by atoms with van der Waals surface area (Å²) in [5, 5.41) is 14.3. The second-order valence-electron chi connectivity index (χ2n) is 10.4. The van der Waals surface area contributed by atoms with E-state index in [0.29, 0.717) is 26.3 Å². The van der Waals surface area contributed by atoms with E-state index < -0.39 is 22.9 Å². The quantitative estimate of drug-likeness (QED) is 0.0827. The Morgan fingerprint density at radius 2 is 1.56 bits per heavy atom. The molecule has 0 saturated carbocycles. The molecule has 6 rings (SSSR count). The van der Waals surface area contributed by atoms with Gasteiger partial charge in [-0.25, -0.2) is 14.6 Å². The van der Waals surface area contributed by atoms with Crippen LogP contribution in [0.1, 0.15) is 54.9 Å². The molecule has 1 aliphatic heterocycles. The Hall–Kier alpha value is -4.72. The Bertz CT molecular complexity index is 2020. The Kier molecular flexibility index (Phi) is 8.08. The average molecular weight is 645 g/mol. The second kappa shape index (κ2) is 12.0. The molecular formula is C32H28N4O7S2. The zero-order valence-corrected chi connectivity index (χ0v) is 26.1. The maximum Gasteiger partial charge on any atom is 0.358 e. The number of aromatic nitrogens is 3. The predicted molar refractivity (Wildman–Crippen MR) is 171 cm³/mol. The molecule has 11 nitrogen and oxygen atoms in total. The van der Waals surface area contributed by atoms with E-state index in [1.807, 2.05) is 48.5 Å². The Labute approximate surface area is 265 Å². The van der Waals surface area contributed by atoms with Crippen LogP contribution in [0.4, 0.5) is 0 Å². The number of H-pyrrole nitrogens is 2. The number of benzene rings is 2. The van der Waals surface area contributed by atoms with E-state index in [-0.39, 0.29) is 41.2 Å². The van der Waals surface area contributed by atoms with Gasteiger partial charge in [0, 0.05) is 49.5 Å². The van der Waals surface area contributed by atoms with E-state index in [2.05, 4.69) is 20.3 Å². The number of hydrogen-bond donors (Lipinski definition) is 4. The van der Waals surface area contributed by atoms with Crippen molar-refractivity contribution in [2.75, 3.05) is 13.2 Å². The fourth-order valence-electron chi connectivity index (χ4n) is 5.33. The molecule has 0 amide bonds. The van der Waals surface area contributed by atoms with Gasteiger partial charge < -0.3 is 29.9 Å². The molecule has 230 valence electrons. The number of thioether (sulfide) groups is 1. The molecular weight excluding hydrogens is 617 g/mol. The number of Topliss-reactive ketones (excluding diaryl/α,β-unsaturated/α-hetero) is 1. The molecule has 0 saturated heterocycles. The van der Waals surface area contributed by atoms with Crippen LogP contribution >= 0.6 is 23.1 Å². The summed E-state index contributed by atoms with van der Waals surface area (Å²) in [6, 6.07) is 14.8. The van der Waals surface area contributed by atoms with Gasteiger partial charge in [0.15, 0.2) is 15.6 Å². The molecule has 3 aromatic heterocycles. The van der Waals surface area contributed by atoms with Crippen molar-refractivity contribution in [2.45, 2.75) is 31.7 Å². The number of para-hydroxylation sites is 2. The number of carbonyl (C=O) groups is 4. The first-order chi connectivity index (χ1) is 21.6. The average Bonchev–Trinajstić information content (AvgIpc) is 3.82. The molecule has 2 aromatic carbocycles. The van der Waals surface area contributed by atoms with Gasteiger partial charge in [-0.2, -0.15) is 0 Å². The summed E-state index contributed by atoms with van der Waals surface area (Å²) in [4.78, 5) is 62.0. The first-order valence-corrected chi connectivity index (χ1v) is 15.6. The standard InChI is InChI=1S/C32H28N4O7S2/c1-16-26(35-29(44-16)27(37)21-14-33-23-10-6-4-8-19(21)23)31(41)43-13-12-42-18(3)32(36-25(30(39)40)17(2)45-32)28(38)22-15-34-24-11-7-5-9-20(22)24/h4-11,14-15,18,33-34,36H,12-13H2,1-3H3,(H,39,40). The smallest absolute Gasteiger partial charge is 0.358 e. The summed E-state index contributed by atoms with van der Waals surface area (Å²) < 4.78 is 11.4. The number of aromatic amines is 2. The van der Waals surface area contributed by atoms with Crippen molar-refractivity contribution in [3.8, 4) is 0 Å². The predicted octanol–water partition coefficient (Wildman–Crippen LogP) is 5.44. The van der Waals surface area contributed by atoms with Gasteiger partial charge >= 0.3 is 11.9 Å². The first-order valence-electron chi connectivity index (χ1n) is 14.0. The summed E-state index contributed by atoms with van der Waals surface area (Å²) in [5.74, 6) is -2.54. The topological polar surface area (TPSA) is 163 Å². The lowest BCUT2D eigenvalue weighted by atomic mass is 9.98. The maximum atomic E-state index is 14.1. The monoisotopic (exact) mass is 644 g/mol. The number of nitrogens with one attached hydrogen (secondary N) is 3. The minimum atomic E-state index is -1.48. The van der Waals surface area contributed by atoms with Crippen LogP contribution in [0.3, 0.4) is 0 Å². The third kappa shape index (κ3) is 5.43. The van der Waals surface area contributed by atoms with E-state index in [1.54, 1.807) is 33.2 Å². The lowest BCUT2D eigenvalue weighted by Crippen LogP contribution is -2.55. The number of carboxylic acids is 1. The van der Waals surface area contributed by atoms with Gasteiger partial charge in [0.1, 0.15) is 12.3 Å². The molecule has 0 fully saturated rings.